The van der Waals surface area contributed by atoms with E-state index in [4.69, 9.17) is 4.74 Å². The predicted octanol–water partition coefficient (Wildman–Crippen LogP) is 1.69. The fourth-order valence-electron chi connectivity index (χ4n) is 2.18. The number of para-hydroxylation sites is 1. The van der Waals surface area contributed by atoms with Gasteiger partial charge in [0, 0.05) is 12.1 Å². The number of ether oxygens (including phenoxy) is 1. The van der Waals surface area contributed by atoms with Gasteiger partial charge in [0.1, 0.15) is 5.82 Å². The molecule has 0 bridgehead atoms. The number of anilines is 1. The van der Waals surface area contributed by atoms with Crippen LogP contribution in [0.3, 0.4) is 0 Å². The highest BCUT2D eigenvalue weighted by Gasteiger charge is 2.25. The van der Waals surface area contributed by atoms with Gasteiger partial charge in [0.05, 0.1) is 12.6 Å². The minimum Gasteiger partial charge on any atom is -0.460 e. The number of carbonyl (C=O) groups is 1. The van der Waals surface area contributed by atoms with Crippen LogP contribution in [0.15, 0.2) is 24.3 Å². The minimum absolute atomic E-state index is 0.0214. The molecule has 0 saturated heterocycles. The maximum Gasteiger partial charge on any atom is 0.378 e. The molecule has 2 N–H and O–H groups in total. The molecule has 6 nitrogen and oxygen atoms in total. The van der Waals surface area contributed by atoms with Crippen molar-refractivity contribution in [1.29, 1.82) is 0 Å². The number of aromatic amines is 1. The lowest BCUT2D eigenvalue weighted by molar-refractivity contribution is 0.0512. The number of nitrogens with one attached hydrogen (secondary N) is 2. The summed E-state index contributed by atoms with van der Waals surface area (Å²) in [6, 6.07) is 8.11. The quantitative estimate of drug-likeness (QED) is 0.819. The Bertz CT molecular complexity index is 583. The number of nitrogens with zero attached hydrogens (tertiary/aromatic N) is 2. The second kappa shape index (κ2) is 4.72. The van der Waals surface area contributed by atoms with Gasteiger partial charge in [0.2, 0.25) is 0 Å². The van der Waals surface area contributed by atoms with Gasteiger partial charge in [0.15, 0.2) is 0 Å². The highest BCUT2D eigenvalue weighted by molar-refractivity contribution is 5.85. The van der Waals surface area contributed by atoms with Gasteiger partial charge in [0.25, 0.3) is 5.82 Å². The number of rotatable bonds is 3. The Morgan fingerprint density at radius 3 is 3.11 bits per heavy atom. The smallest absolute Gasteiger partial charge is 0.378 e. The van der Waals surface area contributed by atoms with E-state index in [0.717, 1.165) is 12.1 Å². The van der Waals surface area contributed by atoms with Gasteiger partial charge in [-0.3, -0.25) is 5.10 Å². The maximum absolute atomic E-state index is 11.5. The minimum atomic E-state index is -0.500. The SMILES string of the molecule is CCOC(=O)c1n[nH]c(C2Cc3ccccc3N2)n1. The summed E-state index contributed by atoms with van der Waals surface area (Å²) in [5, 5.41) is 10.0. The monoisotopic (exact) mass is 258 g/mol. The molecule has 98 valence electrons. The molecule has 6 heteroatoms. The first-order valence-electron chi connectivity index (χ1n) is 6.21. The van der Waals surface area contributed by atoms with Crippen molar-refractivity contribution in [2.75, 3.05) is 11.9 Å². The summed E-state index contributed by atoms with van der Waals surface area (Å²) in [5.41, 5.74) is 2.34. The number of hydrogen-bond acceptors (Lipinski definition) is 5. The lowest BCUT2D eigenvalue weighted by Crippen LogP contribution is -2.09. The van der Waals surface area contributed by atoms with Crippen molar-refractivity contribution in [3.05, 3.63) is 41.5 Å². The number of carbonyl (C=O) groups excluding carboxylic acids is 1. The third-order valence-electron chi connectivity index (χ3n) is 3.06. The van der Waals surface area contributed by atoms with Crippen LogP contribution < -0.4 is 5.32 Å². The van der Waals surface area contributed by atoms with Gasteiger partial charge in [-0.1, -0.05) is 18.2 Å². The van der Waals surface area contributed by atoms with Crippen molar-refractivity contribution in [2.45, 2.75) is 19.4 Å². The van der Waals surface area contributed by atoms with Crippen molar-refractivity contribution >= 4 is 11.7 Å². The van der Waals surface area contributed by atoms with Crippen LogP contribution in [0.25, 0.3) is 0 Å². The van der Waals surface area contributed by atoms with Crippen LogP contribution in [0.2, 0.25) is 0 Å². The number of aromatic nitrogens is 3. The van der Waals surface area contributed by atoms with E-state index in [1.54, 1.807) is 6.92 Å². The fourth-order valence-corrected chi connectivity index (χ4v) is 2.18. The van der Waals surface area contributed by atoms with E-state index in [9.17, 15) is 4.79 Å². The van der Waals surface area contributed by atoms with Crippen molar-refractivity contribution in [3.8, 4) is 0 Å². The molecule has 2 heterocycles. The molecule has 1 atom stereocenters. The van der Waals surface area contributed by atoms with Crippen LogP contribution in [0.5, 0.6) is 0 Å². The second-order valence-electron chi connectivity index (χ2n) is 4.32. The van der Waals surface area contributed by atoms with E-state index in [0.29, 0.717) is 12.4 Å². The van der Waals surface area contributed by atoms with Crippen LogP contribution in [-0.4, -0.2) is 27.8 Å². The number of hydrogen-bond donors (Lipinski definition) is 2. The highest BCUT2D eigenvalue weighted by atomic mass is 16.5. The highest BCUT2D eigenvalue weighted by Crippen LogP contribution is 2.32. The van der Waals surface area contributed by atoms with Crippen LogP contribution in [0, 0.1) is 0 Å². The molecule has 1 aliphatic heterocycles. The van der Waals surface area contributed by atoms with Crippen molar-refractivity contribution in [2.24, 2.45) is 0 Å². The van der Waals surface area contributed by atoms with Crippen molar-refractivity contribution < 1.29 is 9.53 Å². The van der Waals surface area contributed by atoms with Gasteiger partial charge in [-0.05, 0) is 18.6 Å². The average Bonchev–Trinajstić information content (AvgIpc) is 3.05. The van der Waals surface area contributed by atoms with Gasteiger partial charge >= 0.3 is 5.97 Å². The second-order valence-corrected chi connectivity index (χ2v) is 4.32. The predicted molar refractivity (Wildman–Crippen MR) is 68.8 cm³/mol. The van der Waals surface area contributed by atoms with Crippen molar-refractivity contribution in [3.63, 3.8) is 0 Å². The number of fused-ring (bicyclic) bond motifs is 1. The standard InChI is InChI=1S/C13H14N4O2/c1-2-19-13(18)12-15-11(16-17-12)10-7-8-5-3-4-6-9(8)14-10/h3-6,10,14H,2,7H2,1H3,(H,15,16,17). The lowest BCUT2D eigenvalue weighted by atomic mass is 10.1. The van der Waals surface area contributed by atoms with Crippen LogP contribution in [0.1, 0.15) is 35.0 Å². The zero-order valence-corrected chi connectivity index (χ0v) is 10.5. The van der Waals surface area contributed by atoms with E-state index in [-0.39, 0.29) is 11.9 Å². The Hall–Kier alpha value is -2.37. The average molecular weight is 258 g/mol. The first kappa shape index (κ1) is 11.7. The fraction of sp³-hybridized carbons (Fsp3) is 0.308. The Morgan fingerprint density at radius 2 is 2.32 bits per heavy atom. The first-order chi connectivity index (χ1) is 9.28. The lowest BCUT2D eigenvalue weighted by Gasteiger charge is -2.06. The van der Waals surface area contributed by atoms with E-state index in [1.165, 1.54) is 5.56 Å². The van der Waals surface area contributed by atoms with Crippen LogP contribution in [-0.2, 0) is 11.2 Å². The van der Waals surface area contributed by atoms with Gasteiger partial charge < -0.3 is 10.1 Å². The molecule has 0 spiro atoms. The zero-order chi connectivity index (χ0) is 13.2. The molecule has 1 unspecified atom stereocenters. The van der Waals surface area contributed by atoms with Gasteiger partial charge in [-0.2, -0.15) is 0 Å². The summed E-state index contributed by atoms with van der Waals surface area (Å²) in [7, 11) is 0. The summed E-state index contributed by atoms with van der Waals surface area (Å²) in [5.74, 6) is 0.231. The normalized spacial score (nSPS) is 16.8. The van der Waals surface area contributed by atoms with Crippen LogP contribution in [0.4, 0.5) is 5.69 Å². The zero-order valence-electron chi connectivity index (χ0n) is 10.5. The summed E-state index contributed by atoms with van der Waals surface area (Å²) >= 11 is 0. The Labute approximate surface area is 110 Å². The molecule has 3 rings (SSSR count). The molecule has 0 fully saturated rings. The third kappa shape index (κ3) is 2.16. The molecule has 0 saturated carbocycles. The number of esters is 1. The molecule has 19 heavy (non-hydrogen) atoms. The molecule has 0 amide bonds. The molecule has 0 aliphatic carbocycles. The molecule has 0 radical (unpaired) electrons. The molecule has 2 aromatic rings. The largest absolute Gasteiger partial charge is 0.460 e. The van der Waals surface area contributed by atoms with E-state index in [1.807, 2.05) is 18.2 Å². The number of benzene rings is 1. The Morgan fingerprint density at radius 1 is 1.47 bits per heavy atom. The van der Waals surface area contributed by atoms with Gasteiger partial charge in [-0.25, -0.2) is 9.78 Å². The molecular formula is C13H14N4O2. The molecule has 1 aromatic carbocycles. The summed E-state index contributed by atoms with van der Waals surface area (Å²) in [6.45, 7) is 2.07. The summed E-state index contributed by atoms with van der Waals surface area (Å²) in [6.07, 6.45) is 0.827. The van der Waals surface area contributed by atoms with Gasteiger partial charge in [-0.15, -0.1) is 5.10 Å². The summed E-state index contributed by atoms with van der Waals surface area (Å²) in [4.78, 5) is 15.7. The Balaban J connectivity index is 1.77. The summed E-state index contributed by atoms with van der Waals surface area (Å²) < 4.78 is 4.86. The Kier molecular flexibility index (Phi) is 2.91. The molecule has 1 aliphatic rings. The molecular weight excluding hydrogens is 244 g/mol. The van der Waals surface area contributed by atoms with E-state index < -0.39 is 5.97 Å². The van der Waals surface area contributed by atoms with E-state index >= 15 is 0 Å². The first-order valence-corrected chi connectivity index (χ1v) is 6.21. The maximum atomic E-state index is 11.5. The third-order valence-corrected chi connectivity index (χ3v) is 3.06. The molecule has 1 aromatic heterocycles. The topological polar surface area (TPSA) is 79.9 Å². The number of H-pyrrole nitrogens is 1. The van der Waals surface area contributed by atoms with Crippen LogP contribution >= 0.6 is 0 Å². The van der Waals surface area contributed by atoms with E-state index in [2.05, 4.69) is 26.6 Å². The van der Waals surface area contributed by atoms with Crippen molar-refractivity contribution in [1.82, 2.24) is 15.2 Å².